The van der Waals surface area contributed by atoms with Gasteiger partial charge in [-0.25, -0.2) is 0 Å². The number of carbonyl (C=O) groups excluding carboxylic acids is 1. The second-order valence-electron chi connectivity index (χ2n) is 4.80. The molecule has 0 aromatic heterocycles. The van der Waals surface area contributed by atoms with Crippen LogP contribution in [-0.2, 0) is 20.9 Å². The number of hydrogen-bond donors (Lipinski definition) is 1. The number of rotatable bonds is 8. The number of hydrogen-bond acceptors (Lipinski definition) is 3. The zero-order valence-electron chi connectivity index (χ0n) is 12.2. The van der Waals surface area contributed by atoms with Gasteiger partial charge in [0.1, 0.15) is 13.2 Å². The fraction of sp³-hybridized carbons (Fsp3) is 0.467. The average Bonchev–Trinajstić information content (AvgIpc) is 2.45. The van der Waals surface area contributed by atoms with Crippen LogP contribution in [0.15, 0.2) is 24.3 Å². The van der Waals surface area contributed by atoms with Gasteiger partial charge in [0.25, 0.3) is 0 Å². The van der Waals surface area contributed by atoms with Crippen molar-refractivity contribution in [1.29, 1.82) is 0 Å². The molecule has 1 aromatic carbocycles. The van der Waals surface area contributed by atoms with E-state index in [1.807, 2.05) is 13.8 Å². The van der Waals surface area contributed by atoms with E-state index in [2.05, 4.69) is 0 Å². The van der Waals surface area contributed by atoms with Crippen LogP contribution >= 0.6 is 11.6 Å². The van der Waals surface area contributed by atoms with Gasteiger partial charge in [0.2, 0.25) is 5.91 Å². The van der Waals surface area contributed by atoms with E-state index in [-0.39, 0.29) is 31.7 Å². The van der Waals surface area contributed by atoms with Crippen molar-refractivity contribution >= 4 is 23.5 Å². The molecule has 0 aliphatic carbocycles. The van der Waals surface area contributed by atoms with Crippen LogP contribution in [0.3, 0.4) is 0 Å². The molecule has 5 nitrogen and oxygen atoms in total. The van der Waals surface area contributed by atoms with Crippen LogP contribution in [0.2, 0.25) is 5.02 Å². The Kier molecular flexibility index (Phi) is 7.19. The lowest BCUT2D eigenvalue weighted by molar-refractivity contribution is -0.147. The number of nitrogens with zero attached hydrogens (tertiary/aromatic N) is 1. The standard InChI is InChI=1S/C15H20ClNO4/c1-3-11(2)21-10-14(18)17(9-15(19)20)8-12-4-6-13(16)7-5-12/h4-7,11H,3,8-10H2,1-2H3,(H,19,20). The third-order valence-electron chi connectivity index (χ3n) is 3.03. The number of carbonyl (C=O) groups is 2. The van der Waals surface area contributed by atoms with Crippen LogP contribution in [0, 0.1) is 0 Å². The quantitative estimate of drug-likeness (QED) is 0.801. The van der Waals surface area contributed by atoms with E-state index in [9.17, 15) is 9.59 Å². The Morgan fingerprint density at radius 2 is 1.95 bits per heavy atom. The van der Waals surface area contributed by atoms with Crippen molar-refractivity contribution in [1.82, 2.24) is 4.90 Å². The Morgan fingerprint density at radius 1 is 1.33 bits per heavy atom. The first-order valence-corrected chi connectivity index (χ1v) is 7.15. The van der Waals surface area contributed by atoms with E-state index in [0.717, 1.165) is 12.0 Å². The molecule has 6 heteroatoms. The highest BCUT2D eigenvalue weighted by molar-refractivity contribution is 6.30. The summed E-state index contributed by atoms with van der Waals surface area (Å²) in [5, 5.41) is 9.52. The second kappa shape index (κ2) is 8.64. The Morgan fingerprint density at radius 3 is 2.48 bits per heavy atom. The zero-order valence-corrected chi connectivity index (χ0v) is 13.0. The number of aliphatic carboxylic acids is 1. The molecule has 0 fully saturated rings. The van der Waals surface area contributed by atoms with Crippen molar-refractivity contribution in [3.8, 4) is 0 Å². The maximum Gasteiger partial charge on any atom is 0.323 e. The number of ether oxygens (including phenoxy) is 1. The van der Waals surface area contributed by atoms with Gasteiger partial charge in [0.15, 0.2) is 0 Å². The topological polar surface area (TPSA) is 66.8 Å². The van der Waals surface area contributed by atoms with Crippen molar-refractivity contribution in [3.63, 3.8) is 0 Å². The molecular weight excluding hydrogens is 294 g/mol. The summed E-state index contributed by atoms with van der Waals surface area (Å²) in [7, 11) is 0. The van der Waals surface area contributed by atoms with E-state index in [1.165, 1.54) is 4.90 Å². The fourth-order valence-corrected chi connectivity index (χ4v) is 1.75. The van der Waals surface area contributed by atoms with Gasteiger partial charge in [-0.2, -0.15) is 0 Å². The highest BCUT2D eigenvalue weighted by Gasteiger charge is 2.18. The second-order valence-corrected chi connectivity index (χ2v) is 5.24. The molecule has 1 amide bonds. The predicted octanol–water partition coefficient (Wildman–Crippen LogP) is 2.57. The highest BCUT2D eigenvalue weighted by Crippen LogP contribution is 2.12. The first-order chi connectivity index (χ1) is 9.92. The van der Waals surface area contributed by atoms with Crippen molar-refractivity contribution < 1.29 is 19.4 Å². The SMILES string of the molecule is CCC(C)OCC(=O)N(CC(=O)O)Cc1ccc(Cl)cc1. The highest BCUT2D eigenvalue weighted by atomic mass is 35.5. The molecule has 21 heavy (non-hydrogen) atoms. The molecule has 0 bridgehead atoms. The van der Waals surface area contributed by atoms with Gasteiger partial charge in [-0.15, -0.1) is 0 Å². The molecule has 1 N–H and O–H groups in total. The Balaban J connectivity index is 2.68. The van der Waals surface area contributed by atoms with E-state index < -0.39 is 5.97 Å². The molecular formula is C15H20ClNO4. The minimum absolute atomic E-state index is 0.0313. The van der Waals surface area contributed by atoms with Crippen LogP contribution in [0.25, 0.3) is 0 Å². The van der Waals surface area contributed by atoms with E-state index >= 15 is 0 Å². The summed E-state index contributed by atoms with van der Waals surface area (Å²) >= 11 is 5.80. The summed E-state index contributed by atoms with van der Waals surface area (Å²) in [4.78, 5) is 24.2. The zero-order chi connectivity index (χ0) is 15.8. The summed E-state index contributed by atoms with van der Waals surface area (Å²) in [5.41, 5.74) is 0.817. The molecule has 116 valence electrons. The smallest absolute Gasteiger partial charge is 0.323 e. The summed E-state index contributed by atoms with van der Waals surface area (Å²) < 4.78 is 5.37. The maximum atomic E-state index is 12.1. The third-order valence-corrected chi connectivity index (χ3v) is 3.28. The van der Waals surface area contributed by atoms with Gasteiger partial charge in [-0.3, -0.25) is 9.59 Å². The Labute approximate surface area is 129 Å². The lowest BCUT2D eigenvalue weighted by Gasteiger charge is -2.22. The largest absolute Gasteiger partial charge is 0.480 e. The monoisotopic (exact) mass is 313 g/mol. The molecule has 1 rings (SSSR count). The molecule has 0 aliphatic heterocycles. The van der Waals surface area contributed by atoms with Crippen molar-refractivity contribution in [2.75, 3.05) is 13.2 Å². The van der Waals surface area contributed by atoms with Crippen molar-refractivity contribution in [2.24, 2.45) is 0 Å². The molecule has 0 radical (unpaired) electrons. The molecule has 1 unspecified atom stereocenters. The van der Waals surface area contributed by atoms with E-state index in [4.69, 9.17) is 21.4 Å². The Hall–Kier alpha value is -1.59. The van der Waals surface area contributed by atoms with Crippen molar-refractivity contribution in [2.45, 2.75) is 32.9 Å². The van der Waals surface area contributed by atoms with Gasteiger partial charge < -0.3 is 14.7 Å². The maximum absolute atomic E-state index is 12.1. The number of benzene rings is 1. The Bertz CT molecular complexity index is 475. The van der Waals surface area contributed by atoms with Crippen LogP contribution in [-0.4, -0.2) is 41.1 Å². The van der Waals surface area contributed by atoms with Crippen molar-refractivity contribution in [3.05, 3.63) is 34.9 Å². The van der Waals surface area contributed by atoms with Crippen LogP contribution in [0.4, 0.5) is 0 Å². The summed E-state index contributed by atoms with van der Waals surface area (Å²) in [5.74, 6) is -1.39. The number of halogens is 1. The molecule has 0 aliphatic rings. The normalized spacial score (nSPS) is 12.0. The van der Waals surface area contributed by atoms with Crippen LogP contribution in [0.1, 0.15) is 25.8 Å². The van der Waals surface area contributed by atoms with Gasteiger partial charge >= 0.3 is 5.97 Å². The molecule has 0 spiro atoms. The van der Waals surface area contributed by atoms with Crippen LogP contribution in [0.5, 0.6) is 0 Å². The lowest BCUT2D eigenvalue weighted by atomic mass is 10.2. The van der Waals surface area contributed by atoms with Gasteiger partial charge in [-0.1, -0.05) is 30.7 Å². The first kappa shape index (κ1) is 17.5. The van der Waals surface area contributed by atoms with Gasteiger partial charge in [0, 0.05) is 11.6 Å². The summed E-state index contributed by atoms with van der Waals surface area (Å²) in [6.07, 6.45) is 0.764. The lowest BCUT2D eigenvalue weighted by Crippen LogP contribution is -2.38. The number of amides is 1. The van der Waals surface area contributed by atoms with Crippen LogP contribution < -0.4 is 0 Å². The number of carboxylic acid groups (broad SMARTS) is 1. The van der Waals surface area contributed by atoms with Gasteiger partial charge in [0.05, 0.1) is 6.10 Å². The van der Waals surface area contributed by atoms with E-state index in [0.29, 0.717) is 5.02 Å². The molecule has 1 aromatic rings. The molecule has 0 saturated carbocycles. The fourth-order valence-electron chi connectivity index (χ4n) is 1.63. The van der Waals surface area contributed by atoms with E-state index in [1.54, 1.807) is 24.3 Å². The molecule has 1 atom stereocenters. The first-order valence-electron chi connectivity index (χ1n) is 6.78. The third kappa shape index (κ3) is 6.60. The minimum atomic E-state index is -1.05. The average molecular weight is 314 g/mol. The molecule has 0 saturated heterocycles. The summed E-state index contributed by atoms with van der Waals surface area (Å²) in [6, 6.07) is 6.94. The predicted molar refractivity (Wildman–Crippen MR) is 80.2 cm³/mol. The molecule has 0 heterocycles. The van der Waals surface area contributed by atoms with Gasteiger partial charge in [-0.05, 0) is 31.0 Å². The summed E-state index contributed by atoms with van der Waals surface area (Å²) in [6.45, 7) is 3.57. The number of carboxylic acids is 1. The minimum Gasteiger partial charge on any atom is -0.480 e.